The Hall–Kier alpha value is -1.84. The average molecular weight is 619 g/mol. The fraction of sp³-hybridized carbons (Fsp3) is 0.714. The van der Waals surface area contributed by atoms with E-state index < -0.39 is 0 Å². The minimum absolute atomic E-state index is 0.605. The summed E-state index contributed by atoms with van der Waals surface area (Å²) in [6.07, 6.45) is 32.3. The van der Waals surface area contributed by atoms with Crippen LogP contribution in [0.15, 0.2) is 36.4 Å². The van der Waals surface area contributed by atoms with Crippen molar-refractivity contribution >= 4 is 0 Å². The van der Waals surface area contributed by atoms with E-state index in [2.05, 4.69) is 50.2 Å². The van der Waals surface area contributed by atoms with E-state index in [9.17, 15) is 0 Å². The van der Waals surface area contributed by atoms with Gasteiger partial charge < -0.3 is 14.2 Å². The maximum atomic E-state index is 6.91. The molecule has 0 saturated carbocycles. The summed E-state index contributed by atoms with van der Waals surface area (Å²) in [4.78, 5) is 0. The minimum Gasteiger partial charge on any atom is -0.457 e. The lowest BCUT2D eigenvalue weighted by Gasteiger charge is -2.19. The molecule has 4 rings (SSSR count). The molecule has 252 valence electrons. The lowest BCUT2D eigenvalue weighted by molar-refractivity contribution is 0.387. The van der Waals surface area contributed by atoms with Crippen LogP contribution in [-0.4, -0.2) is 25.4 Å². The van der Waals surface area contributed by atoms with Gasteiger partial charge in [-0.15, -0.1) is 0 Å². The van der Waals surface area contributed by atoms with Crippen molar-refractivity contribution in [3.05, 3.63) is 58.7 Å². The molecule has 0 N–H and O–H groups in total. The number of hydrogen-bond acceptors (Lipinski definition) is 3. The van der Waals surface area contributed by atoms with E-state index in [1.807, 2.05) is 0 Å². The van der Waals surface area contributed by atoms with Gasteiger partial charge in [-0.25, -0.2) is 0 Å². The van der Waals surface area contributed by atoms with Gasteiger partial charge in [-0.3, -0.25) is 0 Å². The van der Waals surface area contributed by atoms with Crippen molar-refractivity contribution in [1.82, 2.24) is 0 Å². The maximum Gasteiger partial charge on any atom is 0.130 e. The summed E-state index contributed by atoms with van der Waals surface area (Å²) in [6.45, 7) is 6.62. The summed E-state index contributed by atoms with van der Waals surface area (Å²) in [7, 11) is 0. The molecule has 2 atom stereocenters. The number of rotatable bonds is 28. The van der Waals surface area contributed by atoms with Gasteiger partial charge in [0.1, 0.15) is 11.5 Å². The molecule has 0 radical (unpaired) electrons. The van der Waals surface area contributed by atoms with Crippen LogP contribution in [0.25, 0.3) is 0 Å². The number of unbranched alkanes of at least 4 members (excludes halogenated alkanes) is 14. The van der Waals surface area contributed by atoms with E-state index in [1.165, 1.54) is 151 Å². The molecule has 2 saturated heterocycles. The quantitative estimate of drug-likeness (QED) is 0.0703. The molecular weight excluding hydrogens is 552 g/mol. The van der Waals surface area contributed by atoms with Crippen molar-refractivity contribution < 1.29 is 14.2 Å². The molecule has 2 aliphatic heterocycles. The Morgan fingerprint density at radius 2 is 0.844 bits per heavy atom. The molecule has 2 aliphatic rings. The highest BCUT2D eigenvalue weighted by Crippen LogP contribution is 2.34. The van der Waals surface area contributed by atoms with Crippen LogP contribution in [0.2, 0.25) is 0 Å². The van der Waals surface area contributed by atoms with Crippen LogP contribution in [0, 0.1) is 0 Å². The predicted octanol–water partition coefficient (Wildman–Crippen LogP) is 12.3. The highest BCUT2D eigenvalue weighted by molar-refractivity contribution is 5.47. The van der Waals surface area contributed by atoms with Gasteiger partial charge in [-0.2, -0.15) is 0 Å². The molecule has 2 heterocycles. The number of epoxide rings is 2. The highest BCUT2D eigenvalue weighted by atomic mass is 16.6. The zero-order valence-electron chi connectivity index (χ0n) is 29.2. The van der Waals surface area contributed by atoms with Gasteiger partial charge in [0.25, 0.3) is 0 Å². The van der Waals surface area contributed by atoms with Gasteiger partial charge in [-0.1, -0.05) is 141 Å². The lowest BCUT2D eigenvalue weighted by atomic mass is 9.95. The summed E-state index contributed by atoms with van der Waals surface area (Å²) < 4.78 is 17.6. The summed E-state index contributed by atoms with van der Waals surface area (Å²) in [5, 5.41) is 0. The van der Waals surface area contributed by atoms with E-state index in [4.69, 9.17) is 14.2 Å². The summed E-state index contributed by atoms with van der Waals surface area (Å²) in [5.41, 5.74) is 5.89. The number of benzene rings is 2. The van der Waals surface area contributed by atoms with Gasteiger partial charge in [0, 0.05) is 0 Å². The summed E-state index contributed by atoms with van der Waals surface area (Å²) >= 11 is 0. The molecule has 0 aliphatic carbocycles. The fourth-order valence-corrected chi connectivity index (χ4v) is 7.04. The highest BCUT2D eigenvalue weighted by Gasteiger charge is 2.21. The van der Waals surface area contributed by atoms with Crippen LogP contribution in [0.4, 0.5) is 0 Å². The Kier molecular flexibility index (Phi) is 17.5. The first-order valence-corrected chi connectivity index (χ1v) is 19.4. The summed E-state index contributed by atoms with van der Waals surface area (Å²) in [6, 6.07) is 13.6. The molecule has 0 amide bonds. The molecule has 2 fully saturated rings. The molecule has 45 heavy (non-hydrogen) atoms. The molecular formula is C42H66O3. The van der Waals surface area contributed by atoms with Crippen LogP contribution in [-0.2, 0) is 35.2 Å². The number of aryl methyl sites for hydroxylation is 2. The van der Waals surface area contributed by atoms with Gasteiger partial charge in [0.15, 0.2) is 0 Å². The molecule has 2 aromatic carbocycles. The van der Waals surface area contributed by atoms with Gasteiger partial charge in [0.2, 0.25) is 0 Å². The molecule has 0 aromatic heterocycles. The van der Waals surface area contributed by atoms with Crippen molar-refractivity contribution in [3.63, 3.8) is 0 Å². The third-order valence-corrected chi connectivity index (χ3v) is 9.93. The summed E-state index contributed by atoms with van der Waals surface area (Å²) in [5.74, 6) is 2.20. The van der Waals surface area contributed by atoms with Crippen LogP contribution in [0.5, 0.6) is 11.5 Å². The SMILES string of the molecule is CCCc1cccc(Oc2cccc(CCC)c2CCCCCCCCCCC2CO2)c1CCCCCCCCCCC1CO1. The van der Waals surface area contributed by atoms with E-state index in [1.54, 1.807) is 0 Å². The Morgan fingerprint density at radius 1 is 0.489 bits per heavy atom. The zero-order valence-corrected chi connectivity index (χ0v) is 29.2. The smallest absolute Gasteiger partial charge is 0.130 e. The molecule has 3 nitrogen and oxygen atoms in total. The minimum atomic E-state index is 0.605. The van der Waals surface area contributed by atoms with Crippen LogP contribution in [0.3, 0.4) is 0 Å². The van der Waals surface area contributed by atoms with Crippen LogP contribution >= 0.6 is 0 Å². The Labute approximate surface area is 277 Å². The topological polar surface area (TPSA) is 34.3 Å². The van der Waals surface area contributed by atoms with Crippen molar-refractivity contribution in [2.75, 3.05) is 13.2 Å². The van der Waals surface area contributed by atoms with E-state index >= 15 is 0 Å². The zero-order chi connectivity index (χ0) is 31.4. The third kappa shape index (κ3) is 14.6. The van der Waals surface area contributed by atoms with Crippen molar-refractivity contribution in [2.45, 2.75) is 180 Å². The van der Waals surface area contributed by atoms with Gasteiger partial charge in [0.05, 0.1) is 25.4 Å². The molecule has 3 heteroatoms. The third-order valence-electron chi connectivity index (χ3n) is 9.93. The monoisotopic (exact) mass is 619 g/mol. The second-order valence-electron chi connectivity index (χ2n) is 14.0. The van der Waals surface area contributed by atoms with E-state index in [-0.39, 0.29) is 0 Å². The molecule has 2 unspecified atom stereocenters. The van der Waals surface area contributed by atoms with Crippen molar-refractivity contribution in [1.29, 1.82) is 0 Å². The Balaban J connectivity index is 1.24. The second-order valence-corrected chi connectivity index (χ2v) is 14.0. The molecule has 0 bridgehead atoms. The largest absolute Gasteiger partial charge is 0.457 e. The van der Waals surface area contributed by atoms with Crippen molar-refractivity contribution in [3.8, 4) is 11.5 Å². The standard InChI is InChI=1S/C42H66O3/c1-3-23-35-25-21-31-41(39(35)29-19-15-11-7-5-9-13-17-27-37-33-43-37)45-42-32-22-26-36(24-4-2)40(42)30-20-16-12-8-6-10-14-18-28-38-34-44-38/h21-22,25-26,31-32,37-38H,3-20,23-24,27-30,33-34H2,1-2H3. The van der Waals surface area contributed by atoms with Crippen LogP contribution in [0.1, 0.15) is 165 Å². The Bertz CT molecular complexity index is 970. The van der Waals surface area contributed by atoms with E-state index in [0.29, 0.717) is 12.2 Å². The number of ether oxygens (including phenoxy) is 3. The van der Waals surface area contributed by atoms with Crippen molar-refractivity contribution in [2.24, 2.45) is 0 Å². The van der Waals surface area contributed by atoms with Gasteiger partial charge >= 0.3 is 0 Å². The predicted molar refractivity (Wildman–Crippen MR) is 191 cm³/mol. The number of hydrogen-bond donors (Lipinski definition) is 0. The first kappa shape index (κ1) is 36.0. The molecule has 2 aromatic rings. The lowest BCUT2D eigenvalue weighted by Crippen LogP contribution is -2.02. The fourth-order valence-electron chi connectivity index (χ4n) is 7.04. The van der Waals surface area contributed by atoms with Crippen LogP contribution < -0.4 is 4.74 Å². The first-order valence-electron chi connectivity index (χ1n) is 19.4. The maximum absolute atomic E-state index is 6.91. The first-order chi connectivity index (χ1) is 22.3. The average Bonchev–Trinajstić information content (AvgIpc) is 3.98. The Morgan fingerprint density at radius 3 is 1.20 bits per heavy atom. The molecule has 0 spiro atoms. The van der Waals surface area contributed by atoms with Gasteiger partial charge in [-0.05, 0) is 85.8 Å². The normalized spacial score (nSPS) is 17.1. The van der Waals surface area contributed by atoms with E-state index in [0.717, 1.165) is 50.4 Å². The second kappa shape index (κ2) is 21.9.